The number of amides is 2. The Balaban J connectivity index is 1.98. The lowest BCUT2D eigenvalue weighted by atomic mass is 9.40. The number of Topliss-reactive ketones (excluding diaryl/α,β-unsaturated/α-hetero) is 1. The summed E-state index contributed by atoms with van der Waals surface area (Å²) in [5.41, 5.74) is -5.93. The minimum absolute atomic E-state index is 0.233. The van der Waals surface area contributed by atoms with E-state index in [1.54, 1.807) is 13.8 Å². The number of nitrogens with one attached hydrogen (secondary N) is 2. The van der Waals surface area contributed by atoms with Crippen molar-refractivity contribution >= 4 is 18.0 Å². The molecule has 3 aliphatic rings. The number of ether oxygens (including phenoxy) is 2. The predicted octanol–water partition coefficient (Wildman–Crippen LogP) is 0.886. The van der Waals surface area contributed by atoms with Crippen molar-refractivity contribution in [3.8, 4) is 0 Å². The van der Waals surface area contributed by atoms with Crippen LogP contribution in [0.5, 0.6) is 0 Å². The molecule has 216 valence electrons. The molecule has 0 aromatic carbocycles. The molecule has 8 atom stereocenters. The fourth-order valence-corrected chi connectivity index (χ4v) is 7.12. The molecule has 5 N–H and O–H groups in total. The van der Waals surface area contributed by atoms with E-state index in [1.165, 1.54) is 13.0 Å². The molecular formula is C26H43N3O9. The lowest BCUT2D eigenvalue weighted by molar-refractivity contribution is -0.369. The van der Waals surface area contributed by atoms with E-state index < -0.39 is 69.8 Å². The van der Waals surface area contributed by atoms with Crippen molar-refractivity contribution in [1.82, 2.24) is 15.7 Å². The van der Waals surface area contributed by atoms with E-state index >= 15 is 0 Å². The first-order valence-electron chi connectivity index (χ1n) is 12.9. The Kier molecular flexibility index (Phi) is 8.01. The second-order valence-electron chi connectivity index (χ2n) is 12.4. The van der Waals surface area contributed by atoms with Crippen molar-refractivity contribution < 1.29 is 44.0 Å². The van der Waals surface area contributed by atoms with Crippen LogP contribution in [0.2, 0.25) is 0 Å². The summed E-state index contributed by atoms with van der Waals surface area (Å²) >= 11 is 0. The van der Waals surface area contributed by atoms with Crippen LogP contribution >= 0.6 is 0 Å². The maximum Gasteiger partial charge on any atom is 0.441 e. The number of hydroxylamine groups is 1. The monoisotopic (exact) mass is 541 g/mol. The Morgan fingerprint density at radius 2 is 1.82 bits per heavy atom. The molecule has 0 unspecified atom stereocenters. The fourth-order valence-electron chi connectivity index (χ4n) is 7.12. The number of aliphatic hydroxyl groups excluding tert-OH is 2. The average molecular weight is 542 g/mol. The molecule has 0 radical (unpaired) electrons. The molecule has 38 heavy (non-hydrogen) atoms. The van der Waals surface area contributed by atoms with Crippen LogP contribution in [-0.2, 0) is 19.1 Å². The van der Waals surface area contributed by atoms with E-state index in [2.05, 4.69) is 11.9 Å². The molecule has 0 aromatic rings. The highest BCUT2D eigenvalue weighted by atomic mass is 16.7. The van der Waals surface area contributed by atoms with Crippen LogP contribution in [0.25, 0.3) is 0 Å². The van der Waals surface area contributed by atoms with Crippen molar-refractivity contribution in [3.05, 3.63) is 12.7 Å². The molecule has 3 rings (SSSR count). The van der Waals surface area contributed by atoms with Crippen molar-refractivity contribution in [2.45, 2.75) is 89.0 Å². The Morgan fingerprint density at radius 3 is 2.39 bits per heavy atom. The zero-order valence-corrected chi connectivity index (χ0v) is 23.4. The quantitative estimate of drug-likeness (QED) is 0.249. The molecule has 12 nitrogen and oxygen atoms in total. The number of hydrogen-bond acceptors (Lipinski definition) is 10. The van der Waals surface area contributed by atoms with Gasteiger partial charge in [-0.15, -0.1) is 12.1 Å². The standard InChI is InChI=1S/C26H43N3O9/c1-9-23(4)14-16(31)26(35)24(5)15(30)10-11-22(2,3)18(24)17(32)19(25(26,6)38-23)36-21(34)28-37-20(33)27-12-13-29(7)8/h9,15,17-19,30,32,35H,1,10-14H2,2-8H3,(H,27,33)(H,28,34)/t15-,17-,18-,19-,23-,24-,25+,26-/m0/s1. The lowest BCUT2D eigenvalue weighted by Crippen LogP contribution is -2.86. The van der Waals surface area contributed by atoms with Crippen molar-refractivity contribution in [2.24, 2.45) is 16.7 Å². The number of likely N-dealkylation sites (N-methyl/N-ethyl adjacent to an activating group) is 1. The van der Waals surface area contributed by atoms with E-state index in [0.717, 1.165) is 0 Å². The zero-order chi connectivity index (χ0) is 28.9. The van der Waals surface area contributed by atoms with Gasteiger partial charge in [0.15, 0.2) is 17.5 Å². The normalized spacial score (nSPS) is 41.9. The Labute approximate surface area is 223 Å². The molecule has 0 spiro atoms. The van der Waals surface area contributed by atoms with Crippen LogP contribution in [0.3, 0.4) is 0 Å². The third kappa shape index (κ3) is 4.60. The molecule has 0 aromatic heterocycles. The Morgan fingerprint density at radius 1 is 1.18 bits per heavy atom. The smallest absolute Gasteiger partial charge is 0.438 e. The molecule has 2 amide bonds. The highest BCUT2D eigenvalue weighted by molar-refractivity contribution is 5.92. The summed E-state index contributed by atoms with van der Waals surface area (Å²) < 4.78 is 11.9. The van der Waals surface area contributed by atoms with E-state index in [9.17, 15) is 29.7 Å². The van der Waals surface area contributed by atoms with Crippen molar-refractivity contribution in [2.75, 3.05) is 27.2 Å². The number of aliphatic hydroxyl groups is 3. The summed E-state index contributed by atoms with van der Waals surface area (Å²) in [5.74, 6) is -1.49. The molecule has 1 heterocycles. The lowest BCUT2D eigenvalue weighted by Gasteiger charge is -2.71. The van der Waals surface area contributed by atoms with Gasteiger partial charge in [0.1, 0.15) is 5.60 Å². The largest absolute Gasteiger partial charge is 0.441 e. The summed E-state index contributed by atoms with van der Waals surface area (Å²) in [6.45, 7) is 12.9. The van der Waals surface area contributed by atoms with Gasteiger partial charge in [-0.1, -0.05) is 26.8 Å². The van der Waals surface area contributed by atoms with Crippen molar-refractivity contribution in [3.63, 3.8) is 0 Å². The van der Waals surface area contributed by atoms with Gasteiger partial charge in [0.25, 0.3) is 0 Å². The summed E-state index contributed by atoms with van der Waals surface area (Å²) in [6, 6.07) is 0. The first-order chi connectivity index (χ1) is 17.4. The zero-order valence-electron chi connectivity index (χ0n) is 23.4. The minimum atomic E-state index is -2.35. The second kappa shape index (κ2) is 10.1. The first kappa shape index (κ1) is 30.3. The van der Waals surface area contributed by atoms with Gasteiger partial charge in [-0.3, -0.25) is 4.79 Å². The SMILES string of the molecule is C=C[C@@]1(C)CC(=O)[C@]2(O)[C@@]3(C)[C@@H](O)CCC(C)(C)[C@@H]3[C@H](O)[C@H](OC(=O)NOC(=O)NCCN(C)C)[C@@]2(C)O1. The predicted molar refractivity (Wildman–Crippen MR) is 136 cm³/mol. The van der Waals surface area contributed by atoms with E-state index in [-0.39, 0.29) is 13.0 Å². The van der Waals surface area contributed by atoms with Gasteiger partial charge in [0.05, 0.1) is 17.8 Å². The highest BCUT2D eigenvalue weighted by Crippen LogP contribution is 2.67. The van der Waals surface area contributed by atoms with Gasteiger partial charge in [-0.2, -0.15) is 0 Å². The second-order valence-corrected chi connectivity index (χ2v) is 12.4. The molecule has 2 saturated carbocycles. The third-order valence-electron chi connectivity index (χ3n) is 9.02. The number of rotatable bonds is 5. The van der Waals surface area contributed by atoms with Crippen LogP contribution in [0.4, 0.5) is 9.59 Å². The molecular weight excluding hydrogens is 498 g/mol. The third-order valence-corrected chi connectivity index (χ3v) is 9.02. The molecule has 2 aliphatic carbocycles. The molecule has 1 aliphatic heterocycles. The van der Waals surface area contributed by atoms with Gasteiger partial charge in [0, 0.05) is 30.8 Å². The maximum absolute atomic E-state index is 13.8. The number of carbonyl (C=O) groups is 3. The van der Waals surface area contributed by atoms with Gasteiger partial charge in [-0.25, -0.2) is 9.59 Å². The van der Waals surface area contributed by atoms with Crippen LogP contribution in [0.15, 0.2) is 12.7 Å². The minimum Gasteiger partial charge on any atom is -0.438 e. The van der Waals surface area contributed by atoms with Crippen LogP contribution in [0.1, 0.15) is 53.9 Å². The topological polar surface area (TPSA) is 167 Å². The summed E-state index contributed by atoms with van der Waals surface area (Å²) in [4.78, 5) is 45.1. The van der Waals surface area contributed by atoms with Crippen LogP contribution in [-0.4, -0.2) is 100 Å². The van der Waals surface area contributed by atoms with Gasteiger partial charge in [0.2, 0.25) is 0 Å². The first-order valence-corrected chi connectivity index (χ1v) is 12.9. The van der Waals surface area contributed by atoms with Crippen LogP contribution in [0, 0.1) is 16.7 Å². The molecule has 12 heteroatoms. The van der Waals surface area contributed by atoms with Crippen LogP contribution < -0.4 is 10.8 Å². The van der Waals surface area contributed by atoms with Gasteiger partial charge >= 0.3 is 12.2 Å². The number of carbonyl (C=O) groups excluding carboxylic acids is 3. The maximum atomic E-state index is 13.8. The number of nitrogens with zero attached hydrogens (tertiary/aromatic N) is 1. The molecule has 1 saturated heterocycles. The Hall–Kier alpha value is -2.25. The molecule has 3 fully saturated rings. The van der Waals surface area contributed by atoms with Gasteiger partial charge in [-0.05, 0) is 46.2 Å². The summed E-state index contributed by atoms with van der Waals surface area (Å²) in [7, 11) is 3.65. The number of hydrogen-bond donors (Lipinski definition) is 5. The number of fused-ring (bicyclic) bond motifs is 3. The van der Waals surface area contributed by atoms with E-state index in [1.807, 2.05) is 38.3 Å². The summed E-state index contributed by atoms with van der Waals surface area (Å²) in [6.07, 6.45) is -4.40. The van der Waals surface area contributed by atoms with Gasteiger partial charge < -0.3 is 39.8 Å². The molecule has 0 bridgehead atoms. The van der Waals surface area contributed by atoms with E-state index in [4.69, 9.17) is 14.3 Å². The average Bonchev–Trinajstić information content (AvgIpc) is 2.80. The highest BCUT2D eigenvalue weighted by Gasteiger charge is 2.81. The van der Waals surface area contributed by atoms with E-state index in [0.29, 0.717) is 19.4 Å². The van der Waals surface area contributed by atoms with Crippen molar-refractivity contribution in [1.29, 1.82) is 0 Å². The Bertz CT molecular complexity index is 974. The fraction of sp³-hybridized carbons (Fsp3) is 0.808. The number of ketones is 1. The summed E-state index contributed by atoms with van der Waals surface area (Å²) in [5, 5.41) is 37.9.